The highest BCUT2D eigenvalue weighted by Crippen LogP contribution is 2.30. The van der Waals surface area contributed by atoms with Crippen molar-refractivity contribution in [3.8, 4) is 5.75 Å². The van der Waals surface area contributed by atoms with Gasteiger partial charge in [-0.15, -0.1) is 0 Å². The van der Waals surface area contributed by atoms with Gasteiger partial charge in [0.25, 0.3) is 5.91 Å². The lowest BCUT2D eigenvalue weighted by molar-refractivity contribution is -0.146. The SMILES string of the molecule is CCC(=O)OCC(=O)Nc1cc(S(=O)(=O)N2CCOCC2)ccc1OC(C)C. The van der Waals surface area contributed by atoms with Gasteiger partial charge in [0.15, 0.2) is 6.61 Å². The molecule has 1 amide bonds. The number of rotatable bonds is 8. The number of esters is 1. The van der Waals surface area contributed by atoms with E-state index in [9.17, 15) is 18.0 Å². The summed E-state index contributed by atoms with van der Waals surface area (Å²) in [6.07, 6.45) is -0.0299. The van der Waals surface area contributed by atoms with Crippen molar-refractivity contribution < 1.29 is 32.2 Å². The molecular weight excluding hydrogens is 388 g/mol. The Balaban J connectivity index is 2.26. The first kappa shape index (κ1) is 22.1. The fourth-order valence-corrected chi connectivity index (χ4v) is 3.93. The Morgan fingerprint density at radius 3 is 2.54 bits per heavy atom. The standard InChI is InChI=1S/C18H26N2O7S/c1-4-18(22)26-12-17(21)19-15-11-14(5-6-16(15)27-13(2)3)28(23,24)20-7-9-25-10-8-20/h5-6,11,13H,4,7-10,12H2,1-3H3,(H,19,21). The number of benzene rings is 1. The Hall–Kier alpha value is -2.17. The number of hydrogen-bond acceptors (Lipinski definition) is 7. The Morgan fingerprint density at radius 2 is 1.93 bits per heavy atom. The average Bonchev–Trinajstić information content (AvgIpc) is 2.67. The molecule has 1 fully saturated rings. The van der Waals surface area contributed by atoms with Crippen LogP contribution in [0.4, 0.5) is 5.69 Å². The molecular formula is C18H26N2O7S. The number of carbonyl (C=O) groups excluding carboxylic acids is 2. The number of morpholine rings is 1. The minimum Gasteiger partial charge on any atom is -0.489 e. The Kier molecular flexibility index (Phi) is 7.78. The predicted molar refractivity (Wildman–Crippen MR) is 102 cm³/mol. The van der Waals surface area contributed by atoms with E-state index in [0.717, 1.165) is 0 Å². The van der Waals surface area contributed by atoms with Crippen LogP contribution in [0, 0.1) is 0 Å². The van der Waals surface area contributed by atoms with Gasteiger partial charge in [0, 0.05) is 19.5 Å². The van der Waals surface area contributed by atoms with Gasteiger partial charge in [-0.1, -0.05) is 6.92 Å². The van der Waals surface area contributed by atoms with E-state index in [4.69, 9.17) is 14.2 Å². The molecule has 156 valence electrons. The lowest BCUT2D eigenvalue weighted by Gasteiger charge is -2.26. The minimum absolute atomic E-state index is 0.0337. The molecule has 0 atom stereocenters. The zero-order chi connectivity index (χ0) is 20.7. The maximum absolute atomic E-state index is 12.9. The molecule has 0 spiro atoms. The van der Waals surface area contributed by atoms with E-state index in [1.165, 1.54) is 22.5 Å². The number of carbonyl (C=O) groups is 2. The summed E-state index contributed by atoms with van der Waals surface area (Å²) in [6, 6.07) is 4.29. The molecule has 28 heavy (non-hydrogen) atoms. The molecule has 0 unspecified atom stereocenters. The van der Waals surface area contributed by atoms with Gasteiger partial charge in [-0.2, -0.15) is 4.31 Å². The van der Waals surface area contributed by atoms with Gasteiger partial charge in [0.2, 0.25) is 10.0 Å². The van der Waals surface area contributed by atoms with Crippen molar-refractivity contribution in [2.75, 3.05) is 38.2 Å². The van der Waals surface area contributed by atoms with Crippen molar-refractivity contribution in [3.63, 3.8) is 0 Å². The van der Waals surface area contributed by atoms with Crippen LogP contribution >= 0.6 is 0 Å². The minimum atomic E-state index is -3.73. The fourth-order valence-electron chi connectivity index (χ4n) is 2.49. The molecule has 1 aromatic rings. The molecule has 1 saturated heterocycles. The largest absolute Gasteiger partial charge is 0.489 e. The molecule has 1 heterocycles. The van der Waals surface area contributed by atoms with Crippen LogP contribution in [0.15, 0.2) is 23.1 Å². The van der Waals surface area contributed by atoms with Gasteiger partial charge in [0.1, 0.15) is 5.75 Å². The van der Waals surface area contributed by atoms with E-state index in [0.29, 0.717) is 19.0 Å². The topological polar surface area (TPSA) is 111 Å². The van der Waals surface area contributed by atoms with Crippen LogP contribution < -0.4 is 10.1 Å². The van der Waals surface area contributed by atoms with Gasteiger partial charge < -0.3 is 19.5 Å². The van der Waals surface area contributed by atoms with E-state index in [1.54, 1.807) is 6.92 Å². The first-order valence-corrected chi connectivity index (χ1v) is 10.5. The summed E-state index contributed by atoms with van der Waals surface area (Å²) in [6.45, 7) is 5.98. The highest BCUT2D eigenvalue weighted by molar-refractivity contribution is 7.89. The van der Waals surface area contributed by atoms with Crippen LogP contribution in [0.5, 0.6) is 5.75 Å². The van der Waals surface area contributed by atoms with E-state index in [1.807, 2.05) is 13.8 Å². The first-order valence-electron chi connectivity index (χ1n) is 9.08. The zero-order valence-corrected chi connectivity index (χ0v) is 17.1. The van der Waals surface area contributed by atoms with Gasteiger partial charge >= 0.3 is 5.97 Å². The maximum atomic E-state index is 12.9. The molecule has 0 saturated carbocycles. The summed E-state index contributed by atoms with van der Waals surface area (Å²) in [4.78, 5) is 23.4. The Labute approximate surface area is 165 Å². The smallest absolute Gasteiger partial charge is 0.306 e. The van der Waals surface area contributed by atoms with E-state index < -0.39 is 28.5 Å². The second-order valence-corrected chi connectivity index (χ2v) is 8.34. The predicted octanol–water partition coefficient (Wildman–Crippen LogP) is 1.39. The lowest BCUT2D eigenvalue weighted by atomic mass is 10.3. The van der Waals surface area contributed by atoms with Crippen LogP contribution in [-0.4, -0.2) is 63.6 Å². The highest BCUT2D eigenvalue weighted by Gasteiger charge is 2.27. The van der Waals surface area contributed by atoms with Crippen LogP contribution in [0.3, 0.4) is 0 Å². The summed E-state index contributed by atoms with van der Waals surface area (Å²) in [5.74, 6) is -0.764. The third-order valence-corrected chi connectivity index (χ3v) is 5.74. The second kappa shape index (κ2) is 9.85. The van der Waals surface area contributed by atoms with Crippen molar-refractivity contribution in [1.82, 2.24) is 4.31 Å². The van der Waals surface area contributed by atoms with E-state index in [-0.39, 0.29) is 36.2 Å². The summed E-state index contributed by atoms with van der Waals surface area (Å²) < 4.78 is 42.7. The third kappa shape index (κ3) is 5.91. The number of sulfonamides is 1. The first-order chi connectivity index (χ1) is 13.2. The van der Waals surface area contributed by atoms with E-state index >= 15 is 0 Å². The summed E-state index contributed by atoms with van der Waals surface area (Å²) in [7, 11) is -3.73. The van der Waals surface area contributed by atoms with E-state index in [2.05, 4.69) is 5.32 Å². The number of amides is 1. The van der Waals surface area contributed by atoms with Crippen molar-refractivity contribution in [2.45, 2.75) is 38.2 Å². The van der Waals surface area contributed by atoms with Gasteiger partial charge in [-0.05, 0) is 32.0 Å². The molecule has 0 radical (unpaired) electrons. The normalized spacial score (nSPS) is 15.3. The number of hydrogen-bond donors (Lipinski definition) is 1. The summed E-state index contributed by atoms with van der Waals surface area (Å²) in [5.41, 5.74) is 0.195. The molecule has 1 aliphatic heterocycles. The van der Waals surface area contributed by atoms with Crippen molar-refractivity contribution in [3.05, 3.63) is 18.2 Å². The molecule has 0 aromatic heterocycles. The summed E-state index contributed by atoms with van der Waals surface area (Å²) in [5, 5.41) is 2.56. The zero-order valence-electron chi connectivity index (χ0n) is 16.3. The second-order valence-electron chi connectivity index (χ2n) is 6.40. The van der Waals surface area contributed by atoms with Crippen LogP contribution in [0.25, 0.3) is 0 Å². The van der Waals surface area contributed by atoms with Gasteiger partial charge in [0.05, 0.1) is 29.9 Å². The highest BCUT2D eigenvalue weighted by atomic mass is 32.2. The van der Waals surface area contributed by atoms with Crippen molar-refractivity contribution in [2.24, 2.45) is 0 Å². The molecule has 2 rings (SSSR count). The molecule has 1 aromatic carbocycles. The van der Waals surface area contributed by atoms with Gasteiger partial charge in [-0.25, -0.2) is 8.42 Å². The number of ether oxygens (including phenoxy) is 3. The molecule has 0 bridgehead atoms. The molecule has 0 aliphatic carbocycles. The van der Waals surface area contributed by atoms with Crippen LogP contribution in [0.2, 0.25) is 0 Å². The Morgan fingerprint density at radius 1 is 1.25 bits per heavy atom. The lowest BCUT2D eigenvalue weighted by Crippen LogP contribution is -2.40. The van der Waals surface area contributed by atoms with Crippen LogP contribution in [-0.2, 0) is 29.1 Å². The number of anilines is 1. The van der Waals surface area contributed by atoms with Crippen LogP contribution in [0.1, 0.15) is 27.2 Å². The number of nitrogens with one attached hydrogen (secondary N) is 1. The quantitative estimate of drug-likeness (QED) is 0.640. The molecule has 1 N–H and O–H groups in total. The molecule has 1 aliphatic rings. The fraction of sp³-hybridized carbons (Fsp3) is 0.556. The maximum Gasteiger partial charge on any atom is 0.306 e. The van der Waals surface area contributed by atoms with Gasteiger partial charge in [-0.3, -0.25) is 9.59 Å². The van der Waals surface area contributed by atoms with Crippen molar-refractivity contribution in [1.29, 1.82) is 0 Å². The monoisotopic (exact) mass is 414 g/mol. The average molecular weight is 414 g/mol. The molecule has 9 nitrogen and oxygen atoms in total. The third-order valence-electron chi connectivity index (χ3n) is 3.85. The Bertz CT molecular complexity index is 802. The number of nitrogens with zero attached hydrogens (tertiary/aromatic N) is 1. The molecule has 10 heteroatoms. The summed E-state index contributed by atoms with van der Waals surface area (Å²) >= 11 is 0. The van der Waals surface area contributed by atoms with Crippen molar-refractivity contribution >= 4 is 27.6 Å².